The first-order valence-electron chi connectivity index (χ1n) is 9.46. The molecular weight excluding hydrogens is 372 g/mol. The van der Waals surface area contributed by atoms with Crippen LogP contribution in [-0.4, -0.2) is 33.6 Å². The second-order valence-corrected chi connectivity index (χ2v) is 8.04. The molecule has 2 amide bonds. The van der Waals surface area contributed by atoms with E-state index >= 15 is 0 Å². The molecule has 0 bridgehead atoms. The Bertz CT molecular complexity index is 902. The molecule has 0 spiro atoms. The van der Waals surface area contributed by atoms with E-state index in [9.17, 15) is 14.7 Å². The average molecular weight is 398 g/mol. The Labute approximate surface area is 170 Å². The van der Waals surface area contributed by atoms with Crippen LogP contribution in [0.25, 0.3) is 0 Å². The second kappa shape index (κ2) is 8.13. The fourth-order valence-electron chi connectivity index (χ4n) is 3.35. The molecule has 0 aliphatic carbocycles. The predicted octanol–water partition coefficient (Wildman–Crippen LogP) is 4.61. The third kappa shape index (κ3) is 4.86. The van der Waals surface area contributed by atoms with Crippen molar-refractivity contribution in [2.75, 3.05) is 5.32 Å². The molecule has 0 aromatic heterocycles. The van der Waals surface area contributed by atoms with Gasteiger partial charge in [0, 0.05) is 11.2 Å². The van der Waals surface area contributed by atoms with Gasteiger partial charge in [-0.2, -0.15) is 0 Å². The quantitative estimate of drug-likeness (QED) is 0.768. The van der Waals surface area contributed by atoms with Crippen LogP contribution in [-0.2, 0) is 22.7 Å². The lowest BCUT2D eigenvalue weighted by Gasteiger charge is -2.37. The summed E-state index contributed by atoms with van der Waals surface area (Å²) in [6, 6.07) is 12.0. The number of carboxylic acid groups (broad SMARTS) is 1. The summed E-state index contributed by atoms with van der Waals surface area (Å²) < 4.78 is 11.3. The standard InChI is InChI=1S/C22H26N2O5/c1-14(24(21(26)27)22(2,3)4)20(25)23-17-6-9-18(10-7-17)29-19-8-5-15-12-28-13-16(15)11-19/h5-11,14H,12-13H2,1-4H3,(H,23,25)(H,26,27)/t14-/m1/s1. The molecule has 1 aliphatic rings. The summed E-state index contributed by atoms with van der Waals surface area (Å²) in [7, 11) is 0. The van der Waals surface area contributed by atoms with E-state index in [4.69, 9.17) is 9.47 Å². The van der Waals surface area contributed by atoms with Crippen molar-refractivity contribution < 1.29 is 24.2 Å². The van der Waals surface area contributed by atoms with E-state index in [2.05, 4.69) is 5.32 Å². The average Bonchev–Trinajstić information content (AvgIpc) is 3.09. The Kier molecular flexibility index (Phi) is 5.79. The van der Waals surface area contributed by atoms with E-state index in [-0.39, 0.29) is 0 Å². The SMILES string of the molecule is C[C@H](C(=O)Nc1ccc(Oc2ccc3c(c2)COC3)cc1)N(C(=O)O)C(C)(C)C. The number of fused-ring (bicyclic) bond motifs is 1. The van der Waals surface area contributed by atoms with Crippen molar-refractivity contribution in [3.8, 4) is 11.5 Å². The Morgan fingerprint density at radius 3 is 2.31 bits per heavy atom. The highest BCUT2D eigenvalue weighted by Gasteiger charge is 2.34. The van der Waals surface area contributed by atoms with E-state index in [1.807, 2.05) is 18.2 Å². The van der Waals surface area contributed by atoms with Crippen LogP contribution in [0.3, 0.4) is 0 Å². The van der Waals surface area contributed by atoms with Gasteiger partial charge in [-0.05, 0) is 75.2 Å². The minimum absolute atomic E-state index is 0.394. The van der Waals surface area contributed by atoms with Crippen LogP contribution in [0, 0.1) is 0 Å². The number of carbonyl (C=O) groups is 2. The summed E-state index contributed by atoms with van der Waals surface area (Å²) in [5, 5.41) is 12.2. The van der Waals surface area contributed by atoms with Crippen LogP contribution in [0.15, 0.2) is 42.5 Å². The lowest BCUT2D eigenvalue weighted by atomic mass is 10.0. The predicted molar refractivity (Wildman–Crippen MR) is 109 cm³/mol. The number of anilines is 1. The van der Waals surface area contributed by atoms with Gasteiger partial charge in [0.25, 0.3) is 0 Å². The number of nitrogens with one attached hydrogen (secondary N) is 1. The molecule has 1 aliphatic heterocycles. The van der Waals surface area contributed by atoms with Crippen molar-refractivity contribution in [2.24, 2.45) is 0 Å². The number of amides is 2. The van der Waals surface area contributed by atoms with Gasteiger partial charge in [-0.3, -0.25) is 9.69 Å². The number of benzene rings is 2. The fourth-order valence-corrected chi connectivity index (χ4v) is 3.35. The van der Waals surface area contributed by atoms with Crippen LogP contribution in [0.2, 0.25) is 0 Å². The molecule has 2 aromatic carbocycles. The van der Waals surface area contributed by atoms with Gasteiger partial charge < -0.3 is 19.9 Å². The maximum Gasteiger partial charge on any atom is 0.408 e. The first-order valence-corrected chi connectivity index (χ1v) is 9.46. The molecule has 1 heterocycles. The Hall–Kier alpha value is -3.06. The lowest BCUT2D eigenvalue weighted by molar-refractivity contribution is -0.121. The zero-order chi connectivity index (χ0) is 21.2. The smallest absolute Gasteiger partial charge is 0.408 e. The van der Waals surface area contributed by atoms with Gasteiger partial charge >= 0.3 is 6.09 Å². The molecule has 7 nitrogen and oxygen atoms in total. The van der Waals surface area contributed by atoms with Crippen LogP contribution < -0.4 is 10.1 Å². The first-order chi connectivity index (χ1) is 13.6. The van der Waals surface area contributed by atoms with Gasteiger partial charge in [0.05, 0.1) is 13.2 Å². The number of carbonyl (C=O) groups excluding carboxylic acids is 1. The maximum atomic E-state index is 12.5. The minimum Gasteiger partial charge on any atom is -0.465 e. The molecule has 2 aromatic rings. The van der Waals surface area contributed by atoms with Gasteiger partial charge in [0.2, 0.25) is 5.91 Å². The highest BCUT2D eigenvalue weighted by atomic mass is 16.5. The molecule has 3 rings (SSSR count). The molecule has 1 atom stereocenters. The summed E-state index contributed by atoms with van der Waals surface area (Å²) >= 11 is 0. The van der Waals surface area contributed by atoms with Gasteiger partial charge in [0.1, 0.15) is 17.5 Å². The molecule has 0 unspecified atom stereocenters. The zero-order valence-corrected chi connectivity index (χ0v) is 17.1. The molecule has 0 radical (unpaired) electrons. The van der Waals surface area contributed by atoms with Gasteiger partial charge in [0.15, 0.2) is 0 Å². The molecule has 2 N–H and O–H groups in total. The zero-order valence-electron chi connectivity index (χ0n) is 17.1. The van der Waals surface area contributed by atoms with E-state index in [1.54, 1.807) is 52.0 Å². The van der Waals surface area contributed by atoms with Crippen LogP contribution in [0.5, 0.6) is 11.5 Å². The molecule has 7 heteroatoms. The molecule has 29 heavy (non-hydrogen) atoms. The highest BCUT2D eigenvalue weighted by Crippen LogP contribution is 2.28. The molecule has 0 saturated heterocycles. The summed E-state index contributed by atoms with van der Waals surface area (Å²) in [6.45, 7) is 8.06. The van der Waals surface area contributed by atoms with Gasteiger partial charge in [-0.15, -0.1) is 0 Å². The van der Waals surface area contributed by atoms with Crippen molar-refractivity contribution in [3.63, 3.8) is 0 Å². The molecule has 154 valence electrons. The molecule has 0 saturated carbocycles. The van der Waals surface area contributed by atoms with Crippen molar-refractivity contribution in [1.29, 1.82) is 0 Å². The summed E-state index contributed by atoms with van der Waals surface area (Å²) in [5.41, 5.74) is 2.18. The number of hydrogen-bond acceptors (Lipinski definition) is 4. The van der Waals surface area contributed by atoms with Crippen LogP contribution in [0.1, 0.15) is 38.8 Å². The third-order valence-electron chi connectivity index (χ3n) is 4.75. The first kappa shape index (κ1) is 20.7. The minimum atomic E-state index is -1.14. The normalized spacial score (nSPS) is 14.1. The Morgan fingerprint density at radius 1 is 1.07 bits per heavy atom. The van der Waals surface area contributed by atoms with Crippen LogP contribution in [0.4, 0.5) is 10.5 Å². The number of nitrogens with zero attached hydrogens (tertiary/aromatic N) is 1. The highest BCUT2D eigenvalue weighted by molar-refractivity contribution is 5.96. The second-order valence-electron chi connectivity index (χ2n) is 8.04. The Morgan fingerprint density at radius 2 is 1.69 bits per heavy atom. The number of ether oxygens (including phenoxy) is 2. The topological polar surface area (TPSA) is 88.1 Å². The third-order valence-corrected chi connectivity index (χ3v) is 4.75. The fraction of sp³-hybridized carbons (Fsp3) is 0.364. The van der Waals surface area contributed by atoms with Crippen molar-refractivity contribution >= 4 is 17.7 Å². The monoisotopic (exact) mass is 398 g/mol. The van der Waals surface area contributed by atoms with Gasteiger partial charge in [-0.25, -0.2) is 4.79 Å². The molecular formula is C22H26N2O5. The Balaban J connectivity index is 1.64. The van der Waals surface area contributed by atoms with Crippen molar-refractivity contribution in [3.05, 3.63) is 53.6 Å². The maximum absolute atomic E-state index is 12.5. The van der Waals surface area contributed by atoms with E-state index in [0.29, 0.717) is 24.7 Å². The summed E-state index contributed by atoms with van der Waals surface area (Å²) in [4.78, 5) is 25.2. The van der Waals surface area contributed by atoms with Gasteiger partial charge in [-0.1, -0.05) is 6.07 Å². The van der Waals surface area contributed by atoms with E-state index < -0.39 is 23.6 Å². The van der Waals surface area contributed by atoms with E-state index in [0.717, 1.165) is 16.2 Å². The number of hydrogen-bond donors (Lipinski definition) is 2. The molecule has 0 fully saturated rings. The van der Waals surface area contributed by atoms with Crippen molar-refractivity contribution in [2.45, 2.75) is 52.5 Å². The largest absolute Gasteiger partial charge is 0.465 e. The number of rotatable bonds is 5. The summed E-state index contributed by atoms with van der Waals surface area (Å²) in [6.07, 6.45) is -1.14. The summed E-state index contributed by atoms with van der Waals surface area (Å²) in [5.74, 6) is 0.966. The van der Waals surface area contributed by atoms with Crippen LogP contribution >= 0.6 is 0 Å². The van der Waals surface area contributed by atoms with Crippen molar-refractivity contribution in [1.82, 2.24) is 4.90 Å². The van der Waals surface area contributed by atoms with E-state index in [1.165, 1.54) is 5.56 Å². The lowest BCUT2D eigenvalue weighted by Crippen LogP contribution is -2.54.